The summed E-state index contributed by atoms with van der Waals surface area (Å²) in [6.07, 6.45) is 6.39. The average molecular weight is 278 g/mol. The van der Waals surface area contributed by atoms with Crippen LogP contribution >= 0.6 is 11.6 Å². The normalized spacial score (nSPS) is 25.6. The number of hydrogen-bond donors (Lipinski definition) is 0. The molecule has 1 fully saturated rings. The first-order chi connectivity index (χ1) is 9.22. The maximum Gasteiger partial charge on any atom is 0.0406 e. The summed E-state index contributed by atoms with van der Waals surface area (Å²) < 4.78 is 0. The zero-order valence-corrected chi connectivity index (χ0v) is 13.0. The highest BCUT2D eigenvalue weighted by atomic mass is 35.5. The van der Waals surface area contributed by atoms with Gasteiger partial charge in [-0.25, -0.2) is 0 Å². The van der Waals surface area contributed by atoms with Crippen LogP contribution in [0.25, 0.3) is 0 Å². The fourth-order valence-electron chi connectivity index (χ4n) is 3.18. The highest BCUT2D eigenvalue weighted by Gasteiger charge is 2.35. The molecule has 1 aromatic carbocycles. The number of fused-ring (bicyclic) bond motifs is 2. The van der Waals surface area contributed by atoms with E-state index in [1.807, 2.05) is 26.0 Å². The monoisotopic (exact) mass is 277 g/mol. The molecule has 1 nitrogen and oxygen atoms in total. The van der Waals surface area contributed by atoms with Gasteiger partial charge < -0.3 is 0 Å². The lowest BCUT2D eigenvalue weighted by Gasteiger charge is -2.33. The van der Waals surface area contributed by atoms with Gasteiger partial charge in [-0.2, -0.15) is 0 Å². The van der Waals surface area contributed by atoms with Gasteiger partial charge in [-0.05, 0) is 43.9 Å². The minimum atomic E-state index is 0.671. The van der Waals surface area contributed by atoms with E-state index in [9.17, 15) is 0 Å². The molecule has 0 radical (unpaired) electrons. The third-order valence-corrected chi connectivity index (χ3v) is 4.26. The average Bonchev–Trinajstić information content (AvgIpc) is 2.66. The Morgan fingerprint density at radius 2 is 1.84 bits per heavy atom. The van der Waals surface area contributed by atoms with Crippen molar-refractivity contribution < 1.29 is 0 Å². The molecule has 1 aromatic rings. The van der Waals surface area contributed by atoms with Gasteiger partial charge in [-0.15, -0.1) is 0 Å². The van der Waals surface area contributed by atoms with Crippen molar-refractivity contribution in [1.29, 1.82) is 0 Å². The van der Waals surface area contributed by atoms with Crippen molar-refractivity contribution in [2.24, 2.45) is 0 Å². The molecule has 0 aromatic heterocycles. The summed E-state index contributed by atoms with van der Waals surface area (Å²) in [6.45, 7) is 7.33. The molecule has 0 N–H and O–H groups in total. The van der Waals surface area contributed by atoms with Crippen LogP contribution in [0.5, 0.6) is 0 Å². The van der Waals surface area contributed by atoms with Crippen LogP contribution in [0.15, 0.2) is 35.9 Å². The second-order valence-electron chi connectivity index (χ2n) is 5.31. The van der Waals surface area contributed by atoms with Gasteiger partial charge >= 0.3 is 0 Å². The van der Waals surface area contributed by atoms with E-state index in [1.54, 1.807) is 5.57 Å². The SMILES string of the molecule is CC.CC1=CC2CCC(C1)N2Cc1ccc(Cl)cc1. The maximum absolute atomic E-state index is 5.92. The van der Waals surface area contributed by atoms with E-state index in [2.05, 4.69) is 30.0 Å². The first kappa shape index (κ1) is 14.6. The molecule has 19 heavy (non-hydrogen) atoms. The van der Waals surface area contributed by atoms with Gasteiger partial charge in [0.25, 0.3) is 0 Å². The van der Waals surface area contributed by atoms with E-state index in [0.29, 0.717) is 6.04 Å². The molecule has 2 aliphatic rings. The minimum Gasteiger partial charge on any atom is -0.289 e. The Morgan fingerprint density at radius 1 is 1.16 bits per heavy atom. The van der Waals surface area contributed by atoms with Crippen molar-refractivity contribution in [2.45, 2.75) is 58.7 Å². The first-order valence-electron chi connectivity index (χ1n) is 7.40. The van der Waals surface area contributed by atoms with E-state index >= 15 is 0 Å². The molecule has 2 atom stereocenters. The molecular weight excluding hydrogens is 254 g/mol. The standard InChI is InChI=1S/C15H18ClN.C2H6/c1-11-8-14-6-7-15(9-11)17(14)10-12-2-4-13(16)5-3-12;1-2/h2-5,8,14-15H,6-7,9-10H2,1H3;1-2H3. The lowest BCUT2D eigenvalue weighted by molar-refractivity contribution is 0.196. The topological polar surface area (TPSA) is 3.24 Å². The predicted octanol–water partition coefficient (Wildman–Crippen LogP) is 5.05. The summed E-state index contributed by atoms with van der Waals surface area (Å²) in [5.74, 6) is 0. The van der Waals surface area contributed by atoms with Crippen LogP contribution < -0.4 is 0 Å². The van der Waals surface area contributed by atoms with Gasteiger partial charge in [-0.3, -0.25) is 4.90 Å². The van der Waals surface area contributed by atoms with Gasteiger partial charge in [0.2, 0.25) is 0 Å². The molecule has 2 aliphatic heterocycles. The Kier molecular flexibility index (Phi) is 5.06. The molecule has 1 saturated heterocycles. The van der Waals surface area contributed by atoms with Gasteiger partial charge in [0, 0.05) is 23.7 Å². The van der Waals surface area contributed by atoms with Crippen molar-refractivity contribution in [3.05, 3.63) is 46.5 Å². The second kappa shape index (κ2) is 6.58. The van der Waals surface area contributed by atoms with Gasteiger partial charge in [-0.1, -0.05) is 49.2 Å². The molecule has 2 unspecified atom stereocenters. The fraction of sp³-hybridized carbons (Fsp3) is 0.529. The molecule has 2 bridgehead atoms. The van der Waals surface area contributed by atoms with E-state index < -0.39 is 0 Å². The molecule has 2 heteroatoms. The van der Waals surface area contributed by atoms with Crippen molar-refractivity contribution in [2.75, 3.05) is 0 Å². The van der Waals surface area contributed by atoms with Gasteiger partial charge in [0.05, 0.1) is 0 Å². The van der Waals surface area contributed by atoms with Crippen molar-refractivity contribution in [3.8, 4) is 0 Å². The van der Waals surface area contributed by atoms with Crippen molar-refractivity contribution in [3.63, 3.8) is 0 Å². The zero-order valence-electron chi connectivity index (χ0n) is 12.2. The fourth-order valence-corrected chi connectivity index (χ4v) is 3.31. The van der Waals surface area contributed by atoms with E-state index in [1.165, 1.54) is 24.8 Å². The van der Waals surface area contributed by atoms with Crippen LogP contribution in [0.4, 0.5) is 0 Å². The number of halogens is 1. The van der Waals surface area contributed by atoms with Crippen LogP contribution in [0.3, 0.4) is 0 Å². The molecule has 3 rings (SSSR count). The molecule has 0 amide bonds. The number of hydrogen-bond acceptors (Lipinski definition) is 1. The third-order valence-electron chi connectivity index (χ3n) is 4.00. The summed E-state index contributed by atoms with van der Waals surface area (Å²) in [4.78, 5) is 2.65. The van der Waals surface area contributed by atoms with E-state index in [-0.39, 0.29) is 0 Å². The Balaban J connectivity index is 0.000000637. The lowest BCUT2D eigenvalue weighted by atomic mass is 10.0. The molecule has 0 spiro atoms. The quantitative estimate of drug-likeness (QED) is 0.684. The predicted molar refractivity (Wildman–Crippen MR) is 83.5 cm³/mol. The Labute approximate surface area is 122 Å². The minimum absolute atomic E-state index is 0.671. The van der Waals surface area contributed by atoms with E-state index in [0.717, 1.165) is 17.6 Å². The Hall–Kier alpha value is -0.790. The second-order valence-corrected chi connectivity index (χ2v) is 5.75. The molecule has 0 aliphatic carbocycles. The number of rotatable bonds is 2. The third kappa shape index (κ3) is 3.40. The summed E-state index contributed by atoms with van der Waals surface area (Å²) in [5, 5.41) is 0.825. The first-order valence-corrected chi connectivity index (χ1v) is 7.77. The highest BCUT2D eigenvalue weighted by molar-refractivity contribution is 6.30. The van der Waals surface area contributed by atoms with Crippen LogP contribution in [0.2, 0.25) is 5.02 Å². The van der Waals surface area contributed by atoms with Crippen LogP contribution in [-0.2, 0) is 6.54 Å². The maximum atomic E-state index is 5.92. The smallest absolute Gasteiger partial charge is 0.0406 e. The van der Waals surface area contributed by atoms with Crippen LogP contribution in [0, 0.1) is 0 Å². The zero-order chi connectivity index (χ0) is 13.8. The molecule has 0 saturated carbocycles. The van der Waals surface area contributed by atoms with E-state index in [4.69, 9.17) is 11.6 Å². The molecular formula is C17H24ClN. The summed E-state index contributed by atoms with van der Waals surface area (Å²) >= 11 is 5.92. The van der Waals surface area contributed by atoms with Crippen molar-refractivity contribution >= 4 is 11.6 Å². The number of nitrogens with zero attached hydrogens (tertiary/aromatic N) is 1. The van der Waals surface area contributed by atoms with Crippen molar-refractivity contribution in [1.82, 2.24) is 4.90 Å². The van der Waals surface area contributed by atoms with Crippen LogP contribution in [-0.4, -0.2) is 17.0 Å². The Morgan fingerprint density at radius 3 is 2.47 bits per heavy atom. The summed E-state index contributed by atoms with van der Waals surface area (Å²) in [7, 11) is 0. The van der Waals surface area contributed by atoms with Gasteiger partial charge in [0.15, 0.2) is 0 Å². The van der Waals surface area contributed by atoms with Crippen LogP contribution in [0.1, 0.15) is 45.6 Å². The largest absolute Gasteiger partial charge is 0.289 e. The molecule has 2 heterocycles. The Bertz CT molecular complexity index is 435. The summed E-state index contributed by atoms with van der Waals surface area (Å²) in [5.41, 5.74) is 2.95. The lowest BCUT2D eigenvalue weighted by Crippen LogP contribution is -2.37. The molecule has 104 valence electrons. The number of benzene rings is 1. The van der Waals surface area contributed by atoms with Gasteiger partial charge in [0.1, 0.15) is 0 Å². The highest BCUT2D eigenvalue weighted by Crippen LogP contribution is 2.35. The summed E-state index contributed by atoms with van der Waals surface area (Å²) in [6, 6.07) is 9.71.